The van der Waals surface area contributed by atoms with Gasteiger partial charge in [-0.2, -0.15) is 0 Å². The number of ether oxygens (including phenoxy) is 1. The Balaban J connectivity index is 2.28. The minimum absolute atomic E-state index is 0.271. The van der Waals surface area contributed by atoms with E-state index < -0.39 is 5.54 Å². The molecule has 86 valence electrons. The number of nitrogens with two attached hydrogens (primary N) is 1. The molecule has 1 aromatic heterocycles. The summed E-state index contributed by atoms with van der Waals surface area (Å²) in [5, 5.41) is 4.24. The number of hydrogen-bond donors (Lipinski definition) is 1. The van der Waals surface area contributed by atoms with Crippen LogP contribution < -0.4 is 10.5 Å². The van der Waals surface area contributed by atoms with Crippen molar-refractivity contribution < 1.29 is 13.7 Å². The quantitative estimate of drug-likeness (QED) is 0.867. The van der Waals surface area contributed by atoms with Crippen LogP contribution in [0, 0.1) is 5.82 Å². The van der Waals surface area contributed by atoms with E-state index in [2.05, 4.69) is 5.16 Å². The molecule has 0 unspecified atom stereocenters. The van der Waals surface area contributed by atoms with Crippen LogP contribution in [-0.2, 0) is 0 Å². The van der Waals surface area contributed by atoms with Gasteiger partial charge in [0.05, 0.1) is 5.39 Å². The second-order valence-corrected chi connectivity index (χ2v) is 4.41. The Bertz CT molecular complexity index is 502. The molecule has 0 saturated heterocycles. The summed E-state index contributed by atoms with van der Waals surface area (Å²) >= 11 is 0. The topological polar surface area (TPSA) is 61.3 Å². The fourth-order valence-corrected chi connectivity index (χ4v) is 1.25. The molecule has 2 aromatic rings. The molecule has 2 rings (SSSR count). The molecule has 5 heteroatoms. The molecule has 0 spiro atoms. The van der Waals surface area contributed by atoms with Crippen LogP contribution >= 0.6 is 0 Å². The number of nitrogens with zero attached hydrogens (tertiary/aromatic N) is 1. The fraction of sp³-hybridized carbons (Fsp3) is 0.364. The lowest BCUT2D eigenvalue weighted by molar-refractivity contribution is 0.225. The van der Waals surface area contributed by atoms with Gasteiger partial charge in [0.2, 0.25) is 0 Å². The van der Waals surface area contributed by atoms with Crippen LogP contribution in [0.1, 0.15) is 13.8 Å². The van der Waals surface area contributed by atoms with Crippen molar-refractivity contribution in [3.8, 4) is 5.88 Å². The number of rotatable bonds is 3. The van der Waals surface area contributed by atoms with E-state index in [0.29, 0.717) is 11.0 Å². The number of hydrogen-bond acceptors (Lipinski definition) is 4. The van der Waals surface area contributed by atoms with Crippen molar-refractivity contribution in [1.29, 1.82) is 0 Å². The average molecular weight is 224 g/mol. The molecule has 0 fully saturated rings. The Labute approximate surface area is 92.2 Å². The average Bonchev–Trinajstić information content (AvgIpc) is 2.56. The Hall–Kier alpha value is -1.62. The Morgan fingerprint density at radius 2 is 2.25 bits per heavy atom. The van der Waals surface area contributed by atoms with Crippen molar-refractivity contribution >= 4 is 11.0 Å². The Morgan fingerprint density at radius 3 is 2.94 bits per heavy atom. The van der Waals surface area contributed by atoms with E-state index >= 15 is 0 Å². The number of aromatic nitrogens is 1. The van der Waals surface area contributed by atoms with Gasteiger partial charge in [-0.15, -0.1) is 0 Å². The third kappa shape index (κ3) is 2.30. The lowest BCUT2D eigenvalue weighted by Gasteiger charge is -2.17. The van der Waals surface area contributed by atoms with Gasteiger partial charge >= 0.3 is 0 Å². The van der Waals surface area contributed by atoms with Crippen molar-refractivity contribution in [3.05, 3.63) is 24.0 Å². The van der Waals surface area contributed by atoms with Crippen LogP contribution in [0.15, 0.2) is 22.7 Å². The zero-order chi connectivity index (χ0) is 11.8. The van der Waals surface area contributed by atoms with E-state index in [4.69, 9.17) is 15.0 Å². The van der Waals surface area contributed by atoms with Crippen molar-refractivity contribution in [1.82, 2.24) is 5.16 Å². The molecule has 0 bridgehead atoms. The molecule has 2 N–H and O–H groups in total. The zero-order valence-corrected chi connectivity index (χ0v) is 9.16. The molecule has 4 nitrogen and oxygen atoms in total. The maximum Gasteiger partial charge on any atom is 0.262 e. The van der Waals surface area contributed by atoms with Gasteiger partial charge in [0.15, 0.2) is 5.58 Å². The highest BCUT2D eigenvalue weighted by Gasteiger charge is 2.15. The summed E-state index contributed by atoms with van der Waals surface area (Å²) in [7, 11) is 0. The maximum absolute atomic E-state index is 13.0. The number of benzene rings is 1. The minimum atomic E-state index is -0.474. The molecule has 1 heterocycles. The molecule has 0 aliphatic carbocycles. The molecule has 1 aromatic carbocycles. The Kier molecular flexibility index (Phi) is 2.55. The van der Waals surface area contributed by atoms with Crippen molar-refractivity contribution in [2.24, 2.45) is 5.73 Å². The summed E-state index contributed by atoms with van der Waals surface area (Å²) in [5.41, 5.74) is 5.79. The zero-order valence-electron chi connectivity index (χ0n) is 9.16. The molecule has 0 aliphatic rings. The van der Waals surface area contributed by atoms with Gasteiger partial charge in [0, 0.05) is 5.54 Å². The second kappa shape index (κ2) is 3.75. The smallest absolute Gasteiger partial charge is 0.262 e. The first-order valence-electron chi connectivity index (χ1n) is 4.92. The molecule has 0 saturated carbocycles. The van der Waals surface area contributed by atoms with Crippen molar-refractivity contribution in [2.45, 2.75) is 19.4 Å². The van der Waals surface area contributed by atoms with Crippen molar-refractivity contribution in [2.75, 3.05) is 6.61 Å². The van der Waals surface area contributed by atoms with Crippen LogP contribution in [0.3, 0.4) is 0 Å². The SMILES string of the molecule is CC(C)(N)COc1noc2ccc(F)cc12. The van der Waals surface area contributed by atoms with E-state index in [-0.39, 0.29) is 18.3 Å². The molecular weight excluding hydrogens is 211 g/mol. The van der Waals surface area contributed by atoms with E-state index in [9.17, 15) is 4.39 Å². The van der Waals surface area contributed by atoms with Gasteiger partial charge in [-0.25, -0.2) is 4.39 Å². The largest absolute Gasteiger partial charge is 0.473 e. The lowest BCUT2D eigenvalue weighted by Crippen LogP contribution is -2.38. The normalized spacial score (nSPS) is 12.0. The highest BCUT2D eigenvalue weighted by atomic mass is 19.1. The highest BCUT2D eigenvalue weighted by Crippen LogP contribution is 2.25. The lowest BCUT2D eigenvalue weighted by atomic mass is 10.1. The number of halogens is 1. The molecule has 0 aliphatic heterocycles. The highest BCUT2D eigenvalue weighted by molar-refractivity contribution is 5.81. The van der Waals surface area contributed by atoms with Gasteiger partial charge in [-0.1, -0.05) is 0 Å². The standard InChI is InChI=1S/C11H13FN2O2/c1-11(2,13)6-15-10-8-5-7(12)3-4-9(8)16-14-10/h3-5H,6,13H2,1-2H3. The molecule has 0 radical (unpaired) electrons. The van der Waals surface area contributed by atoms with Gasteiger partial charge in [0.1, 0.15) is 12.4 Å². The van der Waals surface area contributed by atoms with E-state index in [1.807, 2.05) is 13.8 Å². The molecule has 16 heavy (non-hydrogen) atoms. The summed E-state index contributed by atoms with van der Waals surface area (Å²) in [6.07, 6.45) is 0. The summed E-state index contributed by atoms with van der Waals surface area (Å²) in [4.78, 5) is 0. The first-order valence-corrected chi connectivity index (χ1v) is 4.92. The summed E-state index contributed by atoms with van der Waals surface area (Å²) < 4.78 is 23.4. The minimum Gasteiger partial charge on any atom is -0.473 e. The summed E-state index contributed by atoms with van der Waals surface area (Å²) in [6, 6.07) is 4.15. The summed E-state index contributed by atoms with van der Waals surface area (Å²) in [5.74, 6) is -0.0828. The van der Waals surface area contributed by atoms with Crippen LogP contribution in [0.25, 0.3) is 11.0 Å². The van der Waals surface area contributed by atoms with Crippen LogP contribution in [-0.4, -0.2) is 17.3 Å². The van der Waals surface area contributed by atoms with Crippen LogP contribution in [0.4, 0.5) is 4.39 Å². The monoisotopic (exact) mass is 224 g/mol. The maximum atomic E-state index is 13.0. The second-order valence-electron chi connectivity index (χ2n) is 4.41. The van der Waals surface area contributed by atoms with E-state index in [1.165, 1.54) is 18.2 Å². The first-order chi connectivity index (χ1) is 7.46. The van der Waals surface area contributed by atoms with Gasteiger partial charge < -0.3 is 15.0 Å². The fourth-order valence-electron chi connectivity index (χ4n) is 1.25. The predicted molar refractivity (Wildman–Crippen MR) is 57.7 cm³/mol. The van der Waals surface area contributed by atoms with Gasteiger partial charge in [-0.3, -0.25) is 0 Å². The Morgan fingerprint density at radius 1 is 1.50 bits per heavy atom. The van der Waals surface area contributed by atoms with Crippen molar-refractivity contribution in [3.63, 3.8) is 0 Å². The van der Waals surface area contributed by atoms with Gasteiger partial charge in [-0.05, 0) is 37.2 Å². The molecule has 0 amide bonds. The molecular formula is C11H13FN2O2. The van der Waals surface area contributed by atoms with Crippen LogP contribution in [0.5, 0.6) is 5.88 Å². The first kappa shape index (κ1) is 10.9. The van der Waals surface area contributed by atoms with E-state index in [1.54, 1.807) is 0 Å². The van der Waals surface area contributed by atoms with Crippen LogP contribution in [0.2, 0.25) is 0 Å². The molecule has 0 atom stereocenters. The third-order valence-electron chi connectivity index (χ3n) is 1.98. The predicted octanol–water partition coefficient (Wildman–Crippen LogP) is 2.08. The van der Waals surface area contributed by atoms with E-state index in [0.717, 1.165) is 0 Å². The summed E-state index contributed by atoms with van der Waals surface area (Å²) in [6.45, 7) is 3.94. The number of fused-ring (bicyclic) bond motifs is 1. The third-order valence-corrected chi connectivity index (χ3v) is 1.98. The van der Waals surface area contributed by atoms with Gasteiger partial charge in [0.25, 0.3) is 5.88 Å².